The number of benzene rings is 1. The van der Waals surface area contributed by atoms with Crippen LogP contribution in [-0.4, -0.2) is 31.6 Å². The Morgan fingerprint density at radius 2 is 2.05 bits per heavy atom. The van der Waals surface area contributed by atoms with E-state index in [1.165, 1.54) is 11.8 Å². The molecule has 1 aromatic carbocycles. The molecule has 1 amide bonds. The van der Waals surface area contributed by atoms with Crippen LogP contribution in [-0.2, 0) is 0 Å². The quantitative estimate of drug-likeness (QED) is 0.649. The number of hydrogen-bond acceptors (Lipinski definition) is 5. The van der Waals surface area contributed by atoms with Crippen molar-refractivity contribution in [3.05, 3.63) is 40.7 Å². The summed E-state index contributed by atoms with van der Waals surface area (Å²) in [7, 11) is 0. The highest BCUT2D eigenvalue weighted by atomic mass is 35.5. The smallest absolute Gasteiger partial charge is 0.257 e. The summed E-state index contributed by atoms with van der Waals surface area (Å²) in [6, 6.07) is 6.55. The van der Waals surface area contributed by atoms with Gasteiger partial charge in [0.05, 0.1) is 0 Å². The van der Waals surface area contributed by atoms with Gasteiger partial charge in [0.25, 0.3) is 5.91 Å². The van der Waals surface area contributed by atoms with Crippen molar-refractivity contribution in [3.8, 4) is 0 Å². The van der Waals surface area contributed by atoms with Crippen LogP contribution in [0, 0.1) is 6.92 Å². The Hall–Kier alpha value is -1.64. The molecule has 2 rings (SSSR count). The van der Waals surface area contributed by atoms with Crippen LogP contribution in [0.1, 0.15) is 23.1 Å². The van der Waals surface area contributed by atoms with Crippen LogP contribution in [0.3, 0.4) is 0 Å². The number of thiocarbonyl (C=S) groups is 1. The number of hydrogen-bond donors (Lipinski definition) is 2. The average Bonchev–Trinajstić information content (AvgIpc) is 2.81. The summed E-state index contributed by atoms with van der Waals surface area (Å²) in [6.07, 6.45) is 0. The van der Waals surface area contributed by atoms with Crippen molar-refractivity contribution < 1.29 is 4.79 Å². The van der Waals surface area contributed by atoms with Crippen molar-refractivity contribution in [3.63, 3.8) is 0 Å². The fourth-order valence-electron chi connectivity index (χ4n) is 1.60. The Bertz CT molecular complexity index is 686. The number of halogens is 1. The SMILES string of the molecule is CCSc1nnc(C)n1NC(=S)NC(=O)c1ccc(Cl)cc1. The molecule has 0 atom stereocenters. The van der Waals surface area contributed by atoms with E-state index in [4.69, 9.17) is 23.8 Å². The molecule has 0 saturated heterocycles. The summed E-state index contributed by atoms with van der Waals surface area (Å²) < 4.78 is 1.64. The molecule has 9 heteroatoms. The molecule has 6 nitrogen and oxygen atoms in total. The van der Waals surface area contributed by atoms with Crippen LogP contribution in [0.15, 0.2) is 29.4 Å². The highest BCUT2D eigenvalue weighted by Gasteiger charge is 2.12. The minimum Gasteiger partial charge on any atom is -0.298 e. The van der Waals surface area contributed by atoms with E-state index in [-0.39, 0.29) is 11.0 Å². The molecule has 0 bridgehead atoms. The van der Waals surface area contributed by atoms with Crippen LogP contribution in [0.25, 0.3) is 0 Å². The van der Waals surface area contributed by atoms with Gasteiger partial charge >= 0.3 is 0 Å². The molecule has 1 aromatic heterocycles. The maximum atomic E-state index is 12.1. The van der Waals surface area contributed by atoms with Crippen molar-refractivity contribution in [2.24, 2.45) is 0 Å². The van der Waals surface area contributed by atoms with E-state index >= 15 is 0 Å². The summed E-state index contributed by atoms with van der Waals surface area (Å²) in [5, 5.41) is 12.0. The van der Waals surface area contributed by atoms with E-state index in [1.54, 1.807) is 35.9 Å². The van der Waals surface area contributed by atoms with E-state index in [1.807, 2.05) is 6.92 Å². The lowest BCUT2D eigenvalue weighted by atomic mass is 10.2. The number of thioether (sulfide) groups is 1. The molecule has 0 saturated carbocycles. The van der Waals surface area contributed by atoms with Gasteiger partial charge in [0, 0.05) is 10.6 Å². The second-order valence-electron chi connectivity index (χ2n) is 4.20. The second-order valence-corrected chi connectivity index (χ2v) is 6.28. The van der Waals surface area contributed by atoms with Crippen LogP contribution in [0.2, 0.25) is 5.02 Å². The van der Waals surface area contributed by atoms with Gasteiger partial charge in [-0.15, -0.1) is 10.2 Å². The number of rotatable bonds is 4. The fraction of sp³-hybridized carbons (Fsp3) is 0.231. The number of amides is 1. The molecule has 0 spiro atoms. The largest absolute Gasteiger partial charge is 0.298 e. The van der Waals surface area contributed by atoms with Gasteiger partial charge in [0.1, 0.15) is 5.82 Å². The van der Waals surface area contributed by atoms with Crippen LogP contribution in [0.4, 0.5) is 0 Å². The monoisotopic (exact) mass is 355 g/mol. The van der Waals surface area contributed by atoms with E-state index in [0.717, 1.165) is 5.75 Å². The van der Waals surface area contributed by atoms with Gasteiger partial charge in [0.2, 0.25) is 5.16 Å². The average molecular weight is 356 g/mol. The van der Waals surface area contributed by atoms with Gasteiger partial charge in [-0.05, 0) is 49.2 Å². The zero-order valence-corrected chi connectivity index (χ0v) is 14.3. The number of aryl methyl sites for hydroxylation is 1. The second kappa shape index (κ2) is 7.57. The lowest BCUT2D eigenvalue weighted by Gasteiger charge is -2.12. The summed E-state index contributed by atoms with van der Waals surface area (Å²) in [5.74, 6) is 1.19. The van der Waals surface area contributed by atoms with Gasteiger partial charge < -0.3 is 0 Å². The number of aromatic nitrogens is 3. The third-order valence-corrected chi connectivity index (χ3v) is 3.87. The van der Waals surface area contributed by atoms with Crippen LogP contribution >= 0.6 is 35.6 Å². The van der Waals surface area contributed by atoms with Crippen molar-refractivity contribution in [2.75, 3.05) is 11.2 Å². The maximum Gasteiger partial charge on any atom is 0.257 e. The van der Waals surface area contributed by atoms with Crippen molar-refractivity contribution in [1.82, 2.24) is 20.2 Å². The minimum absolute atomic E-state index is 0.167. The molecule has 0 unspecified atom stereocenters. The number of nitrogens with zero attached hydrogens (tertiary/aromatic N) is 3. The first-order chi connectivity index (χ1) is 10.5. The molecule has 116 valence electrons. The first-order valence-electron chi connectivity index (χ1n) is 6.44. The fourth-order valence-corrected chi connectivity index (χ4v) is 2.57. The minimum atomic E-state index is -0.315. The Morgan fingerprint density at radius 1 is 1.36 bits per heavy atom. The maximum absolute atomic E-state index is 12.1. The molecule has 0 fully saturated rings. The van der Waals surface area contributed by atoms with Gasteiger partial charge in [-0.1, -0.05) is 30.3 Å². The lowest BCUT2D eigenvalue weighted by molar-refractivity contribution is 0.0977. The number of carbonyl (C=O) groups is 1. The standard InChI is InChI=1S/C13H14ClN5OS2/c1-3-22-13-17-16-8(2)19(13)18-12(21)15-11(20)9-4-6-10(14)7-5-9/h4-7H,3H2,1-2H3,(H2,15,18,20,21). The molecule has 0 aliphatic carbocycles. The predicted octanol–water partition coefficient (Wildman–Crippen LogP) is 2.61. The lowest BCUT2D eigenvalue weighted by Crippen LogP contribution is -2.38. The Balaban J connectivity index is 2.02. The van der Waals surface area contributed by atoms with Crippen molar-refractivity contribution >= 4 is 46.6 Å². The van der Waals surface area contributed by atoms with Crippen molar-refractivity contribution in [2.45, 2.75) is 19.0 Å². The normalized spacial score (nSPS) is 10.3. The Morgan fingerprint density at radius 3 is 2.68 bits per heavy atom. The van der Waals surface area contributed by atoms with Crippen LogP contribution in [0.5, 0.6) is 0 Å². The highest BCUT2D eigenvalue weighted by Crippen LogP contribution is 2.14. The summed E-state index contributed by atoms with van der Waals surface area (Å²) in [6.45, 7) is 3.81. The van der Waals surface area contributed by atoms with Gasteiger partial charge in [-0.25, -0.2) is 4.68 Å². The van der Waals surface area contributed by atoms with E-state index < -0.39 is 0 Å². The van der Waals surface area contributed by atoms with E-state index in [2.05, 4.69) is 20.9 Å². The third-order valence-electron chi connectivity index (χ3n) is 2.62. The Labute approximate surface area is 142 Å². The molecule has 22 heavy (non-hydrogen) atoms. The number of nitrogens with one attached hydrogen (secondary N) is 2. The van der Waals surface area contributed by atoms with Gasteiger partial charge in [0.15, 0.2) is 5.11 Å². The summed E-state index contributed by atoms with van der Waals surface area (Å²) in [4.78, 5) is 12.1. The molecule has 2 N–H and O–H groups in total. The molecule has 2 aromatic rings. The molecule has 1 heterocycles. The number of carbonyl (C=O) groups excluding carboxylic acids is 1. The Kier molecular flexibility index (Phi) is 5.76. The summed E-state index contributed by atoms with van der Waals surface area (Å²) in [5.41, 5.74) is 3.37. The molecular formula is C13H14ClN5OS2. The molecule has 0 radical (unpaired) electrons. The molecule has 0 aliphatic rings. The van der Waals surface area contributed by atoms with Gasteiger partial charge in [-0.3, -0.25) is 15.5 Å². The van der Waals surface area contributed by atoms with Crippen LogP contribution < -0.4 is 10.7 Å². The van der Waals surface area contributed by atoms with Gasteiger partial charge in [-0.2, -0.15) is 0 Å². The van der Waals surface area contributed by atoms with Crippen molar-refractivity contribution in [1.29, 1.82) is 0 Å². The van der Waals surface area contributed by atoms with E-state index in [0.29, 0.717) is 21.6 Å². The third kappa shape index (κ3) is 4.19. The zero-order chi connectivity index (χ0) is 16.1. The van der Waals surface area contributed by atoms with E-state index in [9.17, 15) is 4.79 Å². The zero-order valence-electron chi connectivity index (χ0n) is 12.0. The first kappa shape index (κ1) is 16.7. The first-order valence-corrected chi connectivity index (χ1v) is 8.21. The summed E-state index contributed by atoms with van der Waals surface area (Å²) >= 11 is 12.5. The molecular weight excluding hydrogens is 342 g/mol. The molecule has 0 aliphatic heterocycles. The predicted molar refractivity (Wildman–Crippen MR) is 92.0 cm³/mol. The topological polar surface area (TPSA) is 71.8 Å². The highest BCUT2D eigenvalue weighted by molar-refractivity contribution is 7.99.